The fraction of sp³-hybridized carbons (Fsp3) is 0.208. The summed E-state index contributed by atoms with van der Waals surface area (Å²) in [4.78, 5) is 9.39. The molecule has 5 aromatic rings. The number of anilines is 1. The number of piperazine rings is 1. The zero-order chi connectivity index (χ0) is 22.4. The second kappa shape index (κ2) is 7.93. The van der Waals surface area contributed by atoms with Gasteiger partial charge in [0.25, 0.3) is 0 Å². The fourth-order valence-electron chi connectivity index (χ4n) is 4.35. The van der Waals surface area contributed by atoms with Gasteiger partial charge in [-0.05, 0) is 42.0 Å². The highest BCUT2D eigenvalue weighted by Gasteiger charge is 2.25. The maximum absolute atomic E-state index is 13.6. The Labute approximate surface area is 187 Å². The summed E-state index contributed by atoms with van der Waals surface area (Å²) < 4.78 is 34.4. The number of aromatic nitrogens is 4. The van der Waals surface area contributed by atoms with Gasteiger partial charge in [-0.1, -0.05) is 18.2 Å². The van der Waals surface area contributed by atoms with Crippen LogP contribution in [0.25, 0.3) is 28.1 Å². The minimum Gasteiger partial charge on any atom is -0.461 e. The van der Waals surface area contributed by atoms with E-state index in [9.17, 15) is 8.78 Å². The molecule has 0 saturated carbocycles. The molecule has 2 aromatic carbocycles. The van der Waals surface area contributed by atoms with Crippen molar-refractivity contribution in [3.05, 3.63) is 78.1 Å². The molecular formula is C24H20F2N6O. The van der Waals surface area contributed by atoms with Crippen molar-refractivity contribution in [2.24, 2.45) is 0 Å². The van der Waals surface area contributed by atoms with E-state index in [-0.39, 0.29) is 0 Å². The van der Waals surface area contributed by atoms with Crippen molar-refractivity contribution in [3.63, 3.8) is 0 Å². The predicted molar refractivity (Wildman–Crippen MR) is 120 cm³/mol. The van der Waals surface area contributed by atoms with Crippen LogP contribution < -0.4 is 4.90 Å². The van der Waals surface area contributed by atoms with Gasteiger partial charge >= 0.3 is 0 Å². The first-order valence-corrected chi connectivity index (χ1v) is 10.8. The SMILES string of the molecule is Fc1ccc(CN2CCN(c3nc4ccccc4c4nnc(-c5ccco5)n34)CC2)cc1F. The Hall–Kier alpha value is -3.85. The van der Waals surface area contributed by atoms with Gasteiger partial charge in [0.05, 0.1) is 11.8 Å². The molecule has 6 rings (SSSR count). The van der Waals surface area contributed by atoms with Gasteiger partial charge < -0.3 is 9.32 Å². The maximum atomic E-state index is 13.6. The molecular weight excluding hydrogens is 426 g/mol. The van der Waals surface area contributed by atoms with Crippen molar-refractivity contribution in [2.45, 2.75) is 6.54 Å². The molecule has 166 valence electrons. The van der Waals surface area contributed by atoms with Crippen LogP contribution in [-0.2, 0) is 6.54 Å². The molecule has 9 heteroatoms. The standard InChI is InChI=1S/C24H20F2N6O/c25-18-8-7-16(14-19(18)26)15-30-9-11-31(12-10-30)24-27-20-5-2-1-4-17(20)22-28-29-23(32(22)24)21-6-3-13-33-21/h1-8,13-14H,9-12,15H2. The summed E-state index contributed by atoms with van der Waals surface area (Å²) in [6.45, 7) is 3.52. The summed E-state index contributed by atoms with van der Waals surface area (Å²) >= 11 is 0. The zero-order valence-corrected chi connectivity index (χ0v) is 17.7. The number of furan rings is 1. The Morgan fingerprint density at radius 1 is 0.879 bits per heavy atom. The first kappa shape index (κ1) is 19.8. The van der Waals surface area contributed by atoms with E-state index in [0.717, 1.165) is 54.2 Å². The molecule has 1 aliphatic heterocycles. The normalized spacial score (nSPS) is 15.0. The molecule has 0 unspecified atom stereocenters. The fourth-order valence-corrected chi connectivity index (χ4v) is 4.35. The van der Waals surface area contributed by atoms with E-state index in [4.69, 9.17) is 9.40 Å². The number of hydrogen-bond donors (Lipinski definition) is 0. The van der Waals surface area contributed by atoms with Gasteiger partial charge in [0.1, 0.15) is 0 Å². The molecule has 1 saturated heterocycles. The van der Waals surface area contributed by atoms with Gasteiger partial charge in [0.2, 0.25) is 11.8 Å². The lowest BCUT2D eigenvalue weighted by atomic mass is 10.2. The molecule has 3 aromatic heterocycles. The lowest BCUT2D eigenvalue weighted by Gasteiger charge is -2.35. The Bertz CT molecular complexity index is 1440. The summed E-state index contributed by atoms with van der Waals surface area (Å²) in [5, 5.41) is 9.78. The maximum Gasteiger partial charge on any atom is 0.213 e. The molecule has 7 nitrogen and oxygen atoms in total. The van der Waals surface area contributed by atoms with Crippen molar-refractivity contribution in [2.75, 3.05) is 31.1 Å². The van der Waals surface area contributed by atoms with Gasteiger partial charge in [0, 0.05) is 38.1 Å². The monoisotopic (exact) mass is 446 g/mol. The third-order valence-electron chi connectivity index (χ3n) is 6.02. The predicted octanol–water partition coefficient (Wildman–Crippen LogP) is 4.14. The van der Waals surface area contributed by atoms with Crippen molar-refractivity contribution in [1.82, 2.24) is 24.5 Å². The molecule has 0 atom stereocenters. The van der Waals surface area contributed by atoms with Crippen molar-refractivity contribution in [1.29, 1.82) is 0 Å². The Balaban J connectivity index is 1.33. The molecule has 33 heavy (non-hydrogen) atoms. The molecule has 0 radical (unpaired) electrons. The molecule has 0 bridgehead atoms. The number of halogens is 2. The first-order chi connectivity index (χ1) is 16.2. The van der Waals surface area contributed by atoms with E-state index in [1.54, 1.807) is 12.3 Å². The minimum absolute atomic E-state index is 0.565. The van der Waals surface area contributed by atoms with Gasteiger partial charge in [-0.3, -0.25) is 4.90 Å². The highest BCUT2D eigenvalue weighted by molar-refractivity contribution is 5.93. The van der Waals surface area contributed by atoms with Gasteiger partial charge in [0.15, 0.2) is 23.0 Å². The summed E-state index contributed by atoms with van der Waals surface area (Å²) in [7, 11) is 0. The first-order valence-electron chi connectivity index (χ1n) is 10.8. The van der Waals surface area contributed by atoms with Gasteiger partial charge in [-0.15, -0.1) is 10.2 Å². The summed E-state index contributed by atoms with van der Waals surface area (Å²) in [5.74, 6) is 0.348. The van der Waals surface area contributed by atoms with E-state index >= 15 is 0 Å². The summed E-state index contributed by atoms with van der Waals surface area (Å²) in [6, 6.07) is 15.6. The van der Waals surface area contributed by atoms with E-state index in [0.29, 0.717) is 18.1 Å². The Morgan fingerprint density at radius 3 is 2.52 bits per heavy atom. The van der Waals surface area contributed by atoms with Crippen LogP contribution in [0.4, 0.5) is 14.7 Å². The molecule has 1 aliphatic rings. The van der Waals surface area contributed by atoms with Crippen LogP contribution in [0.1, 0.15) is 5.56 Å². The lowest BCUT2D eigenvalue weighted by Crippen LogP contribution is -2.46. The van der Waals surface area contributed by atoms with E-state index < -0.39 is 11.6 Å². The van der Waals surface area contributed by atoms with Gasteiger partial charge in [-0.2, -0.15) is 0 Å². The average Bonchev–Trinajstić information content (AvgIpc) is 3.52. The second-order valence-electron chi connectivity index (χ2n) is 8.10. The van der Waals surface area contributed by atoms with E-state index in [2.05, 4.69) is 20.0 Å². The molecule has 0 amide bonds. The number of nitrogens with zero attached hydrogens (tertiary/aromatic N) is 6. The highest BCUT2D eigenvalue weighted by Crippen LogP contribution is 2.29. The minimum atomic E-state index is -0.823. The Kier molecular flexibility index (Phi) is 4.76. The van der Waals surface area contributed by atoms with E-state index in [1.165, 1.54) is 12.1 Å². The van der Waals surface area contributed by atoms with Crippen molar-refractivity contribution >= 4 is 22.5 Å². The topological polar surface area (TPSA) is 62.7 Å². The largest absolute Gasteiger partial charge is 0.461 e. The van der Waals surface area contributed by atoms with E-state index in [1.807, 2.05) is 40.8 Å². The zero-order valence-electron chi connectivity index (χ0n) is 17.7. The van der Waals surface area contributed by atoms with Crippen LogP contribution in [0.3, 0.4) is 0 Å². The number of para-hydroxylation sites is 1. The quantitative estimate of drug-likeness (QED) is 0.414. The number of hydrogen-bond acceptors (Lipinski definition) is 6. The van der Waals surface area contributed by atoms with Crippen LogP contribution in [0.2, 0.25) is 0 Å². The third kappa shape index (κ3) is 3.50. The molecule has 1 fully saturated rings. The van der Waals surface area contributed by atoms with Crippen LogP contribution in [0, 0.1) is 11.6 Å². The van der Waals surface area contributed by atoms with Crippen LogP contribution in [-0.4, -0.2) is 50.7 Å². The Morgan fingerprint density at radius 2 is 1.73 bits per heavy atom. The third-order valence-corrected chi connectivity index (χ3v) is 6.02. The van der Waals surface area contributed by atoms with Crippen LogP contribution in [0.15, 0.2) is 65.3 Å². The second-order valence-corrected chi connectivity index (χ2v) is 8.10. The van der Waals surface area contributed by atoms with Crippen LogP contribution in [0.5, 0.6) is 0 Å². The number of fused-ring (bicyclic) bond motifs is 3. The summed E-state index contributed by atoms with van der Waals surface area (Å²) in [5.41, 5.74) is 2.33. The van der Waals surface area contributed by atoms with Crippen molar-refractivity contribution in [3.8, 4) is 11.6 Å². The molecule has 4 heterocycles. The summed E-state index contributed by atoms with van der Waals surface area (Å²) in [6.07, 6.45) is 1.61. The number of rotatable bonds is 4. The lowest BCUT2D eigenvalue weighted by molar-refractivity contribution is 0.248. The van der Waals surface area contributed by atoms with Crippen LogP contribution >= 0.6 is 0 Å². The van der Waals surface area contributed by atoms with Crippen molar-refractivity contribution < 1.29 is 13.2 Å². The van der Waals surface area contributed by atoms with Gasteiger partial charge in [-0.25, -0.2) is 18.2 Å². The molecule has 0 spiro atoms. The molecule has 0 N–H and O–H groups in total. The number of benzene rings is 2. The smallest absolute Gasteiger partial charge is 0.213 e. The average molecular weight is 446 g/mol. The highest BCUT2D eigenvalue weighted by atomic mass is 19.2. The molecule has 0 aliphatic carbocycles.